The van der Waals surface area contributed by atoms with Gasteiger partial charge in [-0.3, -0.25) is 4.79 Å². The molecule has 0 radical (unpaired) electrons. The molecule has 1 atom stereocenters. The SMILES string of the molecule is COc1cc(/C=C/C(=O)O[C@@H](C)C(=O)N2CCCC2)cc2c1OCCO2. The maximum absolute atomic E-state index is 12.2. The molecule has 1 saturated heterocycles. The van der Waals surface area contributed by atoms with E-state index in [0.29, 0.717) is 36.0 Å². The Morgan fingerprint density at radius 1 is 1.19 bits per heavy atom. The number of nitrogens with zero attached hydrogens (tertiary/aromatic N) is 1. The second kappa shape index (κ2) is 8.12. The normalized spacial score (nSPS) is 17.2. The van der Waals surface area contributed by atoms with Crippen LogP contribution < -0.4 is 14.2 Å². The second-order valence-electron chi connectivity index (χ2n) is 6.19. The number of likely N-dealkylation sites (tertiary alicyclic amines) is 1. The van der Waals surface area contributed by atoms with Crippen LogP contribution in [-0.2, 0) is 14.3 Å². The van der Waals surface area contributed by atoms with Crippen molar-refractivity contribution in [2.45, 2.75) is 25.9 Å². The molecule has 7 nitrogen and oxygen atoms in total. The van der Waals surface area contributed by atoms with Gasteiger partial charge in [0.1, 0.15) is 13.2 Å². The smallest absolute Gasteiger partial charge is 0.331 e. The maximum Gasteiger partial charge on any atom is 0.331 e. The van der Waals surface area contributed by atoms with Gasteiger partial charge in [0.05, 0.1) is 7.11 Å². The van der Waals surface area contributed by atoms with Crippen molar-refractivity contribution in [3.8, 4) is 17.2 Å². The summed E-state index contributed by atoms with van der Waals surface area (Å²) in [5.41, 5.74) is 0.710. The molecular weight excluding hydrogens is 338 g/mol. The van der Waals surface area contributed by atoms with Crippen molar-refractivity contribution < 1.29 is 28.5 Å². The molecule has 0 aliphatic carbocycles. The lowest BCUT2D eigenvalue weighted by molar-refractivity contribution is -0.154. The van der Waals surface area contributed by atoms with E-state index in [9.17, 15) is 9.59 Å². The molecule has 2 aliphatic rings. The van der Waals surface area contributed by atoms with Gasteiger partial charge in [0.15, 0.2) is 17.6 Å². The molecule has 7 heteroatoms. The molecule has 1 aromatic rings. The summed E-state index contributed by atoms with van der Waals surface area (Å²) in [6.07, 6.45) is 4.09. The molecule has 1 aromatic carbocycles. The summed E-state index contributed by atoms with van der Waals surface area (Å²) >= 11 is 0. The minimum Gasteiger partial charge on any atom is -0.493 e. The summed E-state index contributed by atoms with van der Waals surface area (Å²) in [5.74, 6) is 0.946. The summed E-state index contributed by atoms with van der Waals surface area (Å²) in [5, 5.41) is 0. The van der Waals surface area contributed by atoms with Crippen molar-refractivity contribution in [3.63, 3.8) is 0 Å². The van der Waals surface area contributed by atoms with E-state index in [1.54, 1.807) is 37.1 Å². The molecule has 0 N–H and O–H groups in total. The third-order valence-electron chi connectivity index (χ3n) is 4.32. The van der Waals surface area contributed by atoms with E-state index in [1.165, 1.54) is 6.08 Å². The number of amides is 1. The van der Waals surface area contributed by atoms with Crippen molar-refractivity contribution in [2.24, 2.45) is 0 Å². The molecule has 0 spiro atoms. The van der Waals surface area contributed by atoms with Gasteiger partial charge in [0.25, 0.3) is 5.91 Å². The highest BCUT2D eigenvalue weighted by atomic mass is 16.6. The number of methoxy groups -OCH3 is 1. The van der Waals surface area contributed by atoms with Crippen molar-refractivity contribution in [2.75, 3.05) is 33.4 Å². The van der Waals surface area contributed by atoms with Gasteiger partial charge in [0.2, 0.25) is 5.75 Å². The fourth-order valence-electron chi connectivity index (χ4n) is 3.01. The van der Waals surface area contributed by atoms with Crippen LogP contribution in [0, 0.1) is 0 Å². The monoisotopic (exact) mass is 361 g/mol. The number of ether oxygens (including phenoxy) is 4. The average Bonchev–Trinajstić information content (AvgIpc) is 3.19. The van der Waals surface area contributed by atoms with Crippen LogP contribution in [0.3, 0.4) is 0 Å². The average molecular weight is 361 g/mol. The van der Waals surface area contributed by atoms with Gasteiger partial charge in [0, 0.05) is 19.2 Å². The summed E-state index contributed by atoms with van der Waals surface area (Å²) < 4.78 is 21.6. The first kappa shape index (κ1) is 18.1. The van der Waals surface area contributed by atoms with Crippen LogP contribution in [0.2, 0.25) is 0 Å². The summed E-state index contributed by atoms with van der Waals surface area (Å²) in [4.78, 5) is 25.9. The number of esters is 1. The van der Waals surface area contributed by atoms with Crippen LogP contribution in [-0.4, -0.2) is 56.3 Å². The van der Waals surface area contributed by atoms with Crippen LogP contribution in [0.1, 0.15) is 25.3 Å². The first-order chi connectivity index (χ1) is 12.6. The fourth-order valence-corrected chi connectivity index (χ4v) is 3.01. The molecule has 26 heavy (non-hydrogen) atoms. The molecule has 0 bridgehead atoms. The lowest BCUT2D eigenvalue weighted by Crippen LogP contribution is -2.37. The molecule has 2 heterocycles. The third-order valence-corrected chi connectivity index (χ3v) is 4.32. The second-order valence-corrected chi connectivity index (χ2v) is 6.19. The first-order valence-electron chi connectivity index (χ1n) is 8.73. The van der Waals surface area contributed by atoms with Crippen molar-refractivity contribution in [1.29, 1.82) is 0 Å². The van der Waals surface area contributed by atoms with E-state index in [2.05, 4.69) is 0 Å². The largest absolute Gasteiger partial charge is 0.493 e. The highest BCUT2D eigenvalue weighted by Crippen LogP contribution is 2.40. The summed E-state index contributed by atoms with van der Waals surface area (Å²) in [6, 6.07) is 3.51. The zero-order chi connectivity index (χ0) is 18.5. The maximum atomic E-state index is 12.2. The molecule has 3 rings (SSSR count). The van der Waals surface area contributed by atoms with Crippen LogP contribution in [0.5, 0.6) is 17.2 Å². The lowest BCUT2D eigenvalue weighted by atomic mass is 10.1. The molecule has 0 saturated carbocycles. The van der Waals surface area contributed by atoms with Crippen LogP contribution >= 0.6 is 0 Å². The predicted octanol–water partition coefficient (Wildman–Crippen LogP) is 2.03. The van der Waals surface area contributed by atoms with Crippen LogP contribution in [0.15, 0.2) is 18.2 Å². The highest BCUT2D eigenvalue weighted by Gasteiger charge is 2.25. The van der Waals surface area contributed by atoms with Gasteiger partial charge < -0.3 is 23.8 Å². The van der Waals surface area contributed by atoms with E-state index in [-0.39, 0.29) is 5.91 Å². The van der Waals surface area contributed by atoms with Crippen molar-refractivity contribution >= 4 is 18.0 Å². The van der Waals surface area contributed by atoms with Crippen LogP contribution in [0.4, 0.5) is 0 Å². The Kier molecular flexibility index (Phi) is 5.65. The zero-order valence-electron chi connectivity index (χ0n) is 15.0. The molecular formula is C19H23NO6. The first-order valence-corrected chi connectivity index (χ1v) is 8.73. The minimum atomic E-state index is -0.792. The van der Waals surface area contributed by atoms with E-state index in [1.807, 2.05) is 0 Å². The van der Waals surface area contributed by atoms with Gasteiger partial charge in [-0.05, 0) is 43.5 Å². The van der Waals surface area contributed by atoms with Crippen molar-refractivity contribution in [1.82, 2.24) is 4.90 Å². The van der Waals surface area contributed by atoms with E-state index in [4.69, 9.17) is 18.9 Å². The van der Waals surface area contributed by atoms with Gasteiger partial charge in [-0.1, -0.05) is 0 Å². The number of carbonyl (C=O) groups is 2. The Morgan fingerprint density at radius 2 is 1.92 bits per heavy atom. The molecule has 2 aliphatic heterocycles. The Labute approximate surface area is 152 Å². The molecule has 0 aromatic heterocycles. The molecule has 0 unspecified atom stereocenters. The fraction of sp³-hybridized carbons (Fsp3) is 0.474. The highest BCUT2D eigenvalue weighted by molar-refractivity contribution is 5.90. The predicted molar refractivity (Wildman–Crippen MR) is 94.4 cm³/mol. The minimum absolute atomic E-state index is 0.148. The Balaban J connectivity index is 1.63. The van der Waals surface area contributed by atoms with Gasteiger partial charge >= 0.3 is 5.97 Å². The standard InChI is InChI=1S/C19H23NO6/c1-13(19(22)20-7-3-4-8-20)26-17(21)6-5-14-11-15(23-2)18-16(12-14)24-9-10-25-18/h5-6,11-13H,3-4,7-10H2,1-2H3/b6-5+/t13-/m0/s1. The Morgan fingerprint density at radius 3 is 2.65 bits per heavy atom. The Hall–Kier alpha value is -2.70. The number of carbonyl (C=O) groups excluding carboxylic acids is 2. The van der Waals surface area contributed by atoms with E-state index < -0.39 is 12.1 Å². The van der Waals surface area contributed by atoms with Crippen molar-refractivity contribution in [3.05, 3.63) is 23.8 Å². The number of benzene rings is 1. The van der Waals surface area contributed by atoms with Crippen LogP contribution in [0.25, 0.3) is 6.08 Å². The Bertz CT molecular complexity index is 691. The third kappa shape index (κ3) is 4.09. The van der Waals surface area contributed by atoms with E-state index in [0.717, 1.165) is 25.9 Å². The van der Waals surface area contributed by atoms with E-state index >= 15 is 0 Å². The van der Waals surface area contributed by atoms with Gasteiger partial charge in [-0.25, -0.2) is 4.79 Å². The quantitative estimate of drug-likeness (QED) is 0.590. The molecule has 1 amide bonds. The number of hydrogen-bond donors (Lipinski definition) is 0. The van der Waals surface area contributed by atoms with Gasteiger partial charge in [-0.15, -0.1) is 0 Å². The number of fused-ring (bicyclic) bond motifs is 1. The summed E-state index contributed by atoms with van der Waals surface area (Å²) in [7, 11) is 1.54. The molecule has 1 fully saturated rings. The zero-order valence-corrected chi connectivity index (χ0v) is 15.0. The number of rotatable bonds is 5. The molecule has 140 valence electrons. The number of hydrogen-bond acceptors (Lipinski definition) is 6. The topological polar surface area (TPSA) is 74.3 Å². The lowest BCUT2D eigenvalue weighted by Gasteiger charge is -2.21. The summed E-state index contributed by atoms with van der Waals surface area (Å²) in [6.45, 7) is 3.98. The van der Waals surface area contributed by atoms with Gasteiger partial charge in [-0.2, -0.15) is 0 Å².